The van der Waals surface area contributed by atoms with Crippen molar-refractivity contribution >= 4 is 22.7 Å². The zero-order chi connectivity index (χ0) is 14.1. The molecule has 5 heteroatoms. The number of benzene rings is 1. The highest BCUT2D eigenvalue weighted by atomic mass is 32.1. The Balaban J connectivity index is 1.74. The first-order valence-corrected chi connectivity index (χ1v) is 7.54. The highest BCUT2D eigenvalue weighted by molar-refractivity contribution is 7.12. The molecule has 1 heterocycles. The Morgan fingerprint density at radius 3 is 2.95 bits per heavy atom. The molecule has 0 fully saturated rings. The van der Waals surface area contributed by atoms with E-state index in [4.69, 9.17) is 0 Å². The molecule has 2 aromatic rings. The lowest BCUT2D eigenvalue weighted by Crippen LogP contribution is -2.00. The monoisotopic (exact) mass is 288 g/mol. The van der Waals surface area contributed by atoms with Crippen LogP contribution in [0.3, 0.4) is 0 Å². The standard InChI is InChI=1S/C15H16N2O2S/c1-10-5-6-12(17(18)19)8-14(10)16-9-13-7-11-3-2-4-15(11)20-13/h5-8,16H,2-4,9H2,1H3. The van der Waals surface area contributed by atoms with E-state index in [2.05, 4.69) is 11.4 Å². The van der Waals surface area contributed by atoms with E-state index in [0.29, 0.717) is 0 Å². The highest BCUT2D eigenvalue weighted by Gasteiger charge is 2.15. The third kappa shape index (κ3) is 2.54. The number of hydrogen-bond donors (Lipinski definition) is 1. The van der Waals surface area contributed by atoms with Gasteiger partial charge in [-0.25, -0.2) is 0 Å². The van der Waals surface area contributed by atoms with Crippen LogP contribution in [0.2, 0.25) is 0 Å². The smallest absolute Gasteiger partial charge is 0.271 e. The van der Waals surface area contributed by atoms with Gasteiger partial charge in [-0.3, -0.25) is 10.1 Å². The van der Waals surface area contributed by atoms with Crippen molar-refractivity contribution in [2.24, 2.45) is 0 Å². The summed E-state index contributed by atoms with van der Waals surface area (Å²) in [6.45, 7) is 2.69. The third-order valence-electron chi connectivity index (χ3n) is 3.68. The number of anilines is 1. The Bertz CT molecular complexity index is 642. The van der Waals surface area contributed by atoms with Crippen LogP contribution in [0.25, 0.3) is 0 Å². The second-order valence-corrected chi connectivity index (χ2v) is 6.35. The van der Waals surface area contributed by atoms with Crippen molar-refractivity contribution < 1.29 is 4.92 Å². The van der Waals surface area contributed by atoms with Crippen LogP contribution in [0.5, 0.6) is 0 Å². The number of nitrogens with zero attached hydrogens (tertiary/aromatic N) is 1. The van der Waals surface area contributed by atoms with Gasteiger partial charge in [0.2, 0.25) is 0 Å². The molecule has 0 unspecified atom stereocenters. The largest absolute Gasteiger partial charge is 0.380 e. The number of thiophene rings is 1. The van der Waals surface area contributed by atoms with Gasteiger partial charge in [-0.15, -0.1) is 11.3 Å². The quantitative estimate of drug-likeness (QED) is 0.681. The Hall–Kier alpha value is -1.88. The molecule has 0 spiro atoms. The fourth-order valence-corrected chi connectivity index (χ4v) is 3.77. The Morgan fingerprint density at radius 1 is 1.35 bits per heavy atom. The molecule has 20 heavy (non-hydrogen) atoms. The van der Waals surface area contributed by atoms with E-state index in [1.54, 1.807) is 18.2 Å². The molecule has 1 N–H and O–H groups in total. The molecule has 1 aliphatic rings. The van der Waals surface area contributed by atoms with Gasteiger partial charge in [-0.1, -0.05) is 6.07 Å². The summed E-state index contributed by atoms with van der Waals surface area (Å²) in [4.78, 5) is 13.3. The third-order valence-corrected chi connectivity index (χ3v) is 4.92. The summed E-state index contributed by atoms with van der Waals surface area (Å²) in [6.07, 6.45) is 3.68. The van der Waals surface area contributed by atoms with Gasteiger partial charge in [0.15, 0.2) is 0 Å². The molecule has 0 saturated carbocycles. The van der Waals surface area contributed by atoms with Crippen LogP contribution >= 0.6 is 11.3 Å². The maximum atomic E-state index is 10.8. The van der Waals surface area contributed by atoms with Crippen molar-refractivity contribution in [2.75, 3.05) is 5.32 Å². The molecule has 104 valence electrons. The number of nitro groups is 1. The lowest BCUT2D eigenvalue weighted by atomic mass is 10.2. The number of nitrogens with one attached hydrogen (secondary N) is 1. The predicted octanol–water partition coefficient (Wildman–Crippen LogP) is 4.07. The average Bonchev–Trinajstić information content (AvgIpc) is 2.98. The lowest BCUT2D eigenvalue weighted by molar-refractivity contribution is -0.384. The van der Waals surface area contributed by atoms with E-state index >= 15 is 0 Å². The summed E-state index contributed by atoms with van der Waals surface area (Å²) in [5.74, 6) is 0. The minimum Gasteiger partial charge on any atom is -0.380 e. The van der Waals surface area contributed by atoms with Gasteiger partial charge in [0.05, 0.1) is 4.92 Å². The summed E-state index contributed by atoms with van der Waals surface area (Å²) < 4.78 is 0. The summed E-state index contributed by atoms with van der Waals surface area (Å²) in [5.41, 5.74) is 3.49. The van der Waals surface area contributed by atoms with Crippen molar-refractivity contribution in [1.82, 2.24) is 0 Å². The average molecular weight is 288 g/mol. The zero-order valence-electron chi connectivity index (χ0n) is 11.3. The van der Waals surface area contributed by atoms with Gasteiger partial charge in [-0.2, -0.15) is 0 Å². The number of non-ortho nitro benzene ring substituents is 1. The normalized spacial score (nSPS) is 13.2. The Morgan fingerprint density at radius 2 is 2.20 bits per heavy atom. The molecule has 0 bridgehead atoms. The molecule has 0 atom stereocenters. The number of fused-ring (bicyclic) bond motifs is 1. The van der Waals surface area contributed by atoms with Gasteiger partial charge in [0, 0.05) is 34.1 Å². The van der Waals surface area contributed by atoms with Crippen LogP contribution in [0.1, 0.15) is 27.3 Å². The SMILES string of the molecule is Cc1ccc([N+](=O)[O-])cc1NCc1cc2c(s1)CCC2. The van der Waals surface area contributed by atoms with Gasteiger partial charge in [0.1, 0.15) is 0 Å². The van der Waals surface area contributed by atoms with Crippen LogP contribution in [0.4, 0.5) is 11.4 Å². The molecule has 1 aromatic carbocycles. The van der Waals surface area contributed by atoms with E-state index in [0.717, 1.165) is 17.8 Å². The van der Waals surface area contributed by atoms with E-state index in [-0.39, 0.29) is 10.6 Å². The number of aryl methyl sites for hydroxylation is 3. The van der Waals surface area contributed by atoms with Crippen LogP contribution in [-0.2, 0) is 19.4 Å². The fraction of sp³-hybridized carbons (Fsp3) is 0.333. The molecular weight excluding hydrogens is 272 g/mol. The minimum atomic E-state index is -0.357. The number of hydrogen-bond acceptors (Lipinski definition) is 4. The maximum Gasteiger partial charge on any atom is 0.271 e. The summed E-state index contributed by atoms with van der Waals surface area (Å²) >= 11 is 1.86. The molecule has 0 radical (unpaired) electrons. The van der Waals surface area contributed by atoms with E-state index in [9.17, 15) is 10.1 Å². The maximum absolute atomic E-state index is 10.8. The van der Waals surface area contributed by atoms with Gasteiger partial charge in [-0.05, 0) is 43.4 Å². The first-order valence-electron chi connectivity index (χ1n) is 6.73. The van der Waals surface area contributed by atoms with Crippen molar-refractivity contribution in [3.63, 3.8) is 0 Å². The fourth-order valence-electron chi connectivity index (χ4n) is 2.57. The van der Waals surface area contributed by atoms with Gasteiger partial charge >= 0.3 is 0 Å². The second kappa shape index (κ2) is 5.25. The lowest BCUT2D eigenvalue weighted by Gasteiger charge is -2.08. The minimum absolute atomic E-state index is 0.131. The Kier molecular flexibility index (Phi) is 3.44. The van der Waals surface area contributed by atoms with E-state index < -0.39 is 0 Å². The molecule has 4 nitrogen and oxygen atoms in total. The van der Waals surface area contributed by atoms with Gasteiger partial charge in [0.25, 0.3) is 5.69 Å². The van der Waals surface area contributed by atoms with Crippen LogP contribution < -0.4 is 5.32 Å². The van der Waals surface area contributed by atoms with Crippen LogP contribution in [0, 0.1) is 17.0 Å². The van der Waals surface area contributed by atoms with Crippen LogP contribution in [0.15, 0.2) is 24.3 Å². The van der Waals surface area contributed by atoms with Crippen LogP contribution in [-0.4, -0.2) is 4.92 Å². The molecule has 0 saturated heterocycles. The second-order valence-electron chi connectivity index (χ2n) is 5.12. The Labute approximate surface area is 121 Å². The summed E-state index contributed by atoms with van der Waals surface area (Å²) in [5, 5.41) is 14.1. The first-order chi connectivity index (χ1) is 9.63. The van der Waals surface area contributed by atoms with Crippen molar-refractivity contribution in [3.8, 4) is 0 Å². The molecular formula is C15H16N2O2S. The molecule has 1 aromatic heterocycles. The summed E-state index contributed by atoms with van der Waals surface area (Å²) in [6, 6.07) is 7.21. The van der Waals surface area contributed by atoms with Gasteiger partial charge < -0.3 is 5.32 Å². The van der Waals surface area contributed by atoms with Crippen molar-refractivity contribution in [3.05, 3.63) is 55.3 Å². The predicted molar refractivity (Wildman–Crippen MR) is 81.5 cm³/mol. The highest BCUT2D eigenvalue weighted by Crippen LogP contribution is 2.31. The first kappa shape index (κ1) is 13.1. The van der Waals surface area contributed by atoms with Crippen molar-refractivity contribution in [1.29, 1.82) is 0 Å². The number of nitro benzene ring substituents is 1. The summed E-state index contributed by atoms with van der Waals surface area (Å²) in [7, 11) is 0. The van der Waals surface area contributed by atoms with E-state index in [1.807, 2.05) is 18.3 Å². The molecule has 3 rings (SSSR count). The van der Waals surface area contributed by atoms with E-state index in [1.165, 1.54) is 34.6 Å². The number of rotatable bonds is 4. The topological polar surface area (TPSA) is 55.2 Å². The zero-order valence-corrected chi connectivity index (χ0v) is 12.1. The molecule has 0 amide bonds. The molecule has 0 aliphatic heterocycles. The molecule has 1 aliphatic carbocycles. The van der Waals surface area contributed by atoms with Crippen molar-refractivity contribution in [2.45, 2.75) is 32.7 Å².